The van der Waals surface area contributed by atoms with Crippen molar-refractivity contribution in [3.05, 3.63) is 35.1 Å². The van der Waals surface area contributed by atoms with Crippen LogP contribution in [-0.2, 0) is 6.42 Å². The number of hydrogen-bond acceptors (Lipinski definition) is 1. The second kappa shape index (κ2) is 6.33. The normalized spacial score (nSPS) is 24.2. The third-order valence-electron chi connectivity index (χ3n) is 4.32. The van der Waals surface area contributed by atoms with Crippen molar-refractivity contribution in [2.75, 3.05) is 13.6 Å². The van der Waals surface area contributed by atoms with E-state index in [9.17, 15) is 4.39 Å². The third-order valence-corrected chi connectivity index (χ3v) is 4.32. The minimum Gasteiger partial charge on any atom is -0.319 e. The first kappa shape index (κ1) is 13.5. The predicted octanol–water partition coefficient (Wildman–Crippen LogP) is 3.70. The molecule has 0 aromatic heterocycles. The Labute approximate surface area is 110 Å². The molecule has 0 radical (unpaired) electrons. The minimum atomic E-state index is -0.119. The number of benzene rings is 1. The summed E-state index contributed by atoms with van der Waals surface area (Å²) in [4.78, 5) is 0. The first-order chi connectivity index (χ1) is 8.70. The van der Waals surface area contributed by atoms with Gasteiger partial charge in [0, 0.05) is 0 Å². The molecule has 0 heterocycles. The highest BCUT2D eigenvalue weighted by Gasteiger charge is 2.24. The maximum atomic E-state index is 13.1. The van der Waals surface area contributed by atoms with Gasteiger partial charge in [-0.25, -0.2) is 4.39 Å². The van der Waals surface area contributed by atoms with Crippen molar-refractivity contribution < 1.29 is 4.39 Å². The minimum absolute atomic E-state index is 0.119. The zero-order valence-corrected chi connectivity index (χ0v) is 11.5. The van der Waals surface area contributed by atoms with Crippen molar-refractivity contribution in [1.29, 1.82) is 0 Å². The standard InChI is InChI=1S/C16H24FN/c1-12-9-16(17)8-7-13(12)10-14-5-3-4-6-15(14)11-18-2/h7-9,14-15,18H,3-6,10-11H2,1-2H3. The van der Waals surface area contributed by atoms with Crippen LogP contribution in [0.3, 0.4) is 0 Å². The Bertz CT molecular complexity index is 387. The molecule has 1 aliphatic carbocycles. The summed E-state index contributed by atoms with van der Waals surface area (Å²) in [6.07, 6.45) is 6.49. The molecule has 18 heavy (non-hydrogen) atoms. The summed E-state index contributed by atoms with van der Waals surface area (Å²) in [6.45, 7) is 3.14. The highest BCUT2D eigenvalue weighted by atomic mass is 19.1. The number of rotatable bonds is 4. The lowest BCUT2D eigenvalue weighted by Gasteiger charge is -2.32. The van der Waals surface area contributed by atoms with E-state index < -0.39 is 0 Å². The Morgan fingerprint density at radius 2 is 1.94 bits per heavy atom. The molecule has 1 aromatic carbocycles. The smallest absolute Gasteiger partial charge is 0.123 e. The maximum Gasteiger partial charge on any atom is 0.123 e. The van der Waals surface area contributed by atoms with E-state index in [-0.39, 0.29) is 5.82 Å². The van der Waals surface area contributed by atoms with Gasteiger partial charge >= 0.3 is 0 Å². The summed E-state index contributed by atoms with van der Waals surface area (Å²) < 4.78 is 13.1. The van der Waals surface area contributed by atoms with E-state index in [0.717, 1.165) is 30.4 Å². The highest BCUT2D eigenvalue weighted by Crippen LogP contribution is 2.32. The number of aryl methyl sites for hydroxylation is 1. The van der Waals surface area contributed by atoms with Crippen molar-refractivity contribution in [1.82, 2.24) is 5.32 Å². The van der Waals surface area contributed by atoms with Crippen LogP contribution < -0.4 is 5.32 Å². The van der Waals surface area contributed by atoms with Gasteiger partial charge in [0.1, 0.15) is 5.82 Å². The van der Waals surface area contributed by atoms with Crippen LogP contribution in [0.2, 0.25) is 0 Å². The summed E-state index contributed by atoms with van der Waals surface area (Å²) in [5.41, 5.74) is 2.42. The average molecular weight is 249 g/mol. The molecular formula is C16H24FN. The van der Waals surface area contributed by atoms with Crippen molar-refractivity contribution in [3.8, 4) is 0 Å². The molecule has 1 N–H and O–H groups in total. The van der Waals surface area contributed by atoms with Gasteiger partial charge in [-0.3, -0.25) is 0 Å². The summed E-state index contributed by atoms with van der Waals surface area (Å²) in [5, 5.41) is 3.32. The SMILES string of the molecule is CNCC1CCCCC1Cc1ccc(F)cc1C. The van der Waals surface area contributed by atoms with Gasteiger partial charge in [0.15, 0.2) is 0 Å². The van der Waals surface area contributed by atoms with Crippen molar-refractivity contribution in [2.24, 2.45) is 11.8 Å². The maximum absolute atomic E-state index is 13.1. The lowest BCUT2D eigenvalue weighted by atomic mass is 9.75. The molecule has 0 amide bonds. The molecule has 2 rings (SSSR count). The van der Waals surface area contributed by atoms with E-state index in [0.29, 0.717) is 0 Å². The fourth-order valence-corrected chi connectivity index (χ4v) is 3.25. The molecule has 1 aliphatic rings. The van der Waals surface area contributed by atoms with Crippen LogP contribution in [0.25, 0.3) is 0 Å². The molecule has 2 atom stereocenters. The molecule has 1 fully saturated rings. The van der Waals surface area contributed by atoms with E-state index in [1.807, 2.05) is 20.0 Å². The van der Waals surface area contributed by atoms with E-state index in [1.54, 1.807) is 12.1 Å². The second-order valence-corrected chi connectivity index (χ2v) is 5.64. The summed E-state index contributed by atoms with van der Waals surface area (Å²) in [6, 6.07) is 5.22. The van der Waals surface area contributed by atoms with Gasteiger partial charge < -0.3 is 5.32 Å². The van der Waals surface area contributed by atoms with Gasteiger partial charge in [-0.05, 0) is 74.9 Å². The van der Waals surface area contributed by atoms with E-state index >= 15 is 0 Å². The Morgan fingerprint density at radius 3 is 2.61 bits per heavy atom. The molecule has 0 saturated heterocycles. The average Bonchev–Trinajstić information content (AvgIpc) is 2.35. The van der Waals surface area contributed by atoms with Gasteiger partial charge in [-0.15, -0.1) is 0 Å². The molecule has 1 aromatic rings. The Hall–Kier alpha value is -0.890. The van der Waals surface area contributed by atoms with E-state index in [2.05, 4.69) is 5.32 Å². The zero-order valence-electron chi connectivity index (χ0n) is 11.5. The quantitative estimate of drug-likeness (QED) is 0.858. The summed E-state index contributed by atoms with van der Waals surface area (Å²) in [7, 11) is 2.04. The van der Waals surface area contributed by atoms with Crippen molar-refractivity contribution >= 4 is 0 Å². The molecular weight excluding hydrogens is 225 g/mol. The fourth-order valence-electron chi connectivity index (χ4n) is 3.25. The van der Waals surface area contributed by atoms with Crippen LogP contribution in [0.5, 0.6) is 0 Å². The molecule has 100 valence electrons. The Kier molecular flexibility index (Phi) is 4.76. The molecule has 0 bridgehead atoms. The van der Waals surface area contributed by atoms with Crippen LogP contribution >= 0.6 is 0 Å². The lowest BCUT2D eigenvalue weighted by molar-refractivity contribution is 0.232. The fraction of sp³-hybridized carbons (Fsp3) is 0.625. The molecule has 2 heteroatoms. The van der Waals surface area contributed by atoms with Crippen LogP contribution in [0.4, 0.5) is 4.39 Å². The number of hydrogen-bond donors (Lipinski definition) is 1. The summed E-state index contributed by atoms with van der Waals surface area (Å²) in [5.74, 6) is 1.43. The van der Waals surface area contributed by atoms with Crippen molar-refractivity contribution in [3.63, 3.8) is 0 Å². The van der Waals surface area contributed by atoms with Crippen LogP contribution in [0, 0.1) is 24.6 Å². The lowest BCUT2D eigenvalue weighted by Crippen LogP contribution is -2.30. The molecule has 2 unspecified atom stereocenters. The van der Waals surface area contributed by atoms with Crippen LogP contribution in [-0.4, -0.2) is 13.6 Å². The Morgan fingerprint density at radius 1 is 1.22 bits per heavy atom. The zero-order chi connectivity index (χ0) is 13.0. The second-order valence-electron chi connectivity index (χ2n) is 5.64. The molecule has 1 saturated carbocycles. The van der Waals surface area contributed by atoms with Gasteiger partial charge in [-0.2, -0.15) is 0 Å². The van der Waals surface area contributed by atoms with Gasteiger partial charge in [-0.1, -0.05) is 18.9 Å². The number of nitrogens with one attached hydrogen (secondary N) is 1. The van der Waals surface area contributed by atoms with Gasteiger partial charge in [0.25, 0.3) is 0 Å². The van der Waals surface area contributed by atoms with Crippen LogP contribution in [0.15, 0.2) is 18.2 Å². The van der Waals surface area contributed by atoms with Gasteiger partial charge in [0.2, 0.25) is 0 Å². The third kappa shape index (κ3) is 3.32. The molecule has 0 spiro atoms. The topological polar surface area (TPSA) is 12.0 Å². The summed E-state index contributed by atoms with van der Waals surface area (Å²) >= 11 is 0. The van der Waals surface area contributed by atoms with Crippen LogP contribution in [0.1, 0.15) is 36.8 Å². The predicted molar refractivity (Wildman–Crippen MR) is 74.2 cm³/mol. The van der Waals surface area contributed by atoms with Crippen molar-refractivity contribution in [2.45, 2.75) is 39.0 Å². The first-order valence-electron chi connectivity index (χ1n) is 7.10. The first-order valence-corrected chi connectivity index (χ1v) is 7.10. The van der Waals surface area contributed by atoms with Gasteiger partial charge in [0.05, 0.1) is 0 Å². The molecule has 1 nitrogen and oxygen atoms in total. The van der Waals surface area contributed by atoms with E-state index in [4.69, 9.17) is 0 Å². The van der Waals surface area contributed by atoms with E-state index in [1.165, 1.54) is 31.2 Å². The highest BCUT2D eigenvalue weighted by molar-refractivity contribution is 5.27. The monoisotopic (exact) mass is 249 g/mol. The number of halogens is 1. The Balaban J connectivity index is 2.06. The molecule has 0 aliphatic heterocycles. The largest absolute Gasteiger partial charge is 0.319 e.